The van der Waals surface area contributed by atoms with Gasteiger partial charge in [-0.15, -0.1) is 63.6 Å². The van der Waals surface area contributed by atoms with Crippen LogP contribution in [0.3, 0.4) is 0 Å². The molecule has 3 heterocycles. The molecule has 2 aromatic heterocycles. The normalized spacial score (nSPS) is 12.7. The molecule has 6 aromatic rings. The van der Waals surface area contributed by atoms with Crippen LogP contribution < -0.4 is 9.80 Å². The monoisotopic (exact) mass is 676 g/mol. The number of hydrogen-bond acceptors (Lipinski definition) is 5. The maximum atomic E-state index is 4.53. The summed E-state index contributed by atoms with van der Waals surface area (Å²) in [5, 5.41) is 2.38. The van der Waals surface area contributed by atoms with Gasteiger partial charge in [0.05, 0.1) is 0 Å². The molecule has 0 saturated heterocycles. The fourth-order valence-electron chi connectivity index (χ4n) is 4.66. The molecule has 0 amide bonds. The van der Waals surface area contributed by atoms with E-state index in [0.717, 1.165) is 43.8 Å². The average Bonchev–Trinajstić information content (AvgIpc) is 3.44. The summed E-state index contributed by atoms with van der Waals surface area (Å²) in [5.74, 6) is 1.63. The first-order valence-electron chi connectivity index (χ1n) is 11.6. The van der Waals surface area contributed by atoms with Crippen LogP contribution in [0.5, 0.6) is 0 Å². The van der Waals surface area contributed by atoms with E-state index in [4.69, 9.17) is 0 Å². The Morgan fingerprint density at radius 1 is 0.757 bits per heavy atom. The topological polar surface area (TPSA) is 37.2 Å². The van der Waals surface area contributed by atoms with Gasteiger partial charge in [-0.1, -0.05) is 29.4 Å². The van der Waals surface area contributed by atoms with Crippen LogP contribution >= 0.6 is 11.8 Å². The number of anilines is 3. The maximum absolute atomic E-state index is 4.53. The van der Waals surface area contributed by atoms with Crippen LogP contribution in [0, 0.1) is 24.9 Å². The summed E-state index contributed by atoms with van der Waals surface area (Å²) < 4.78 is 2.24. The second-order valence-electron chi connectivity index (χ2n) is 8.49. The van der Waals surface area contributed by atoms with Gasteiger partial charge in [-0.25, -0.2) is 9.97 Å². The van der Waals surface area contributed by atoms with Crippen LogP contribution in [0.25, 0.3) is 27.5 Å². The number of nitrogens with zero attached hydrogens (tertiary/aromatic N) is 5. The van der Waals surface area contributed by atoms with E-state index in [0.29, 0.717) is 0 Å². The van der Waals surface area contributed by atoms with E-state index in [9.17, 15) is 0 Å². The number of hydrogen-bond donors (Lipinski definition) is 0. The first kappa shape index (κ1) is 23.8. The second-order valence-corrected chi connectivity index (χ2v) is 9.57. The first-order valence-corrected chi connectivity index (χ1v) is 12.4. The average molecular weight is 677 g/mol. The first-order chi connectivity index (χ1) is 17.8. The Kier molecular flexibility index (Phi) is 6.23. The predicted molar refractivity (Wildman–Crippen MR) is 145 cm³/mol. The fourth-order valence-corrected chi connectivity index (χ4v) is 5.49. The van der Waals surface area contributed by atoms with Crippen molar-refractivity contribution in [2.24, 2.45) is 0 Å². The Morgan fingerprint density at radius 3 is 2.41 bits per heavy atom. The van der Waals surface area contributed by atoms with E-state index in [1.165, 1.54) is 10.8 Å². The van der Waals surface area contributed by atoms with Crippen molar-refractivity contribution in [2.45, 2.75) is 9.79 Å². The minimum atomic E-state index is 0. The molecule has 180 valence electrons. The van der Waals surface area contributed by atoms with Gasteiger partial charge < -0.3 is 14.4 Å². The molecule has 0 radical (unpaired) electrons. The smallest absolute Gasteiger partial charge is 0.487 e. The number of para-hydroxylation sites is 2. The van der Waals surface area contributed by atoms with E-state index in [-0.39, 0.29) is 21.1 Å². The van der Waals surface area contributed by atoms with E-state index in [2.05, 4.69) is 81.3 Å². The van der Waals surface area contributed by atoms with Crippen LogP contribution in [0.1, 0.15) is 0 Å². The molecule has 0 atom stereocenters. The number of aromatic nitrogens is 3. The molecule has 0 fully saturated rings. The Morgan fingerprint density at radius 2 is 1.54 bits per heavy atom. The molecule has 5 nitrogen and oxygen atoms in total. The van der Waals surface area contributed by atoms with Crippen LogP contribution in [0.4, 0.5) is 17.3 Å². The molecule has 0 aliphatic carbocycles. The summed E-state index contributed by atoms with van der Waals surface area (Å²) in [6.45, 7) is 1.98. The largest absolute Gasteiger partial charge is 4.00 e. The summed E-state index contributed by atoms with van der Waals surface area (Å²) in [4.78, 5) is 15.0. The molecule has 0 unspecified atom stereocenters. The molecule has 37 heavy (non-hydrogen) atoms. The zero-order valence-corrected chi connectivity index (χ0v) is 22.8. The molecule has 7 rings (SSSR count). The molecular formula is C30H19N5PtS. The van der Waals surface area contributed by atoms with Crippen molar-refractivity contribution in [1.29, 1.82) is 0 Å². The molecule has 0 spiro atoms. The summed E-state index contributed by atoms with van der Waals surface area (Å²) in [6.07, 6.45) is 3.42. The van der Waals surface area contributed by atoms with Crippen molar-refractivity contribution in [2.75, 3.05) is 16.8 Å². The van der Waals surface area contributed by atoms with Gasteiger partial charge in [0.25, 0.3) is 0 Å². The van der Waals surface area contributed by atoms with E-state index < -0.39 is 0 Å². The van der Waals surface area contributed by atoms with Crippen LogP contribution in [-0.4, -0.2) is 21.6 Å². The van der Waals surface area contributed by atoms with Crippen molar-refractivity contribution >= 4 is 50.9 Å². The Labute approximate surface area is 234 Å². The molecule has 1 aliphatic heterocycles. The van der Waals surface area contributed by atoms with Gasteiger partial charge in [0.15, 0.2) is 0 Å². The Hall–Kier alpha value is -3.60. The molecule has 0 N–H and O–H groups in total. The van der Waals surface area contributed by atoms with Gasteiger partial charge in [0.1, 0.15) is 11.6 Å². The van der Waals surface area contributed by atoms with Gasteiger partial charge in [-0.05, 0) is 18.5 Å². The van der Waals surface area contributed by atoms with Crippen LogP contribution in [-0.2, 0) is 21.1 Å². The van der Waals surface area contributed by atoms with Crippen LogP contribution in [0.2, 0.25) is 0 Å². The van der Waals surface area contributed by atoms with Gasteiger partial charge >= 0.3 is 21.1 Å². The molecular weight excluding hydrogens is 658 g/mol. The summed E-state index contributed by atoms with van der Waals surface area (Å²) in [5.41, 5.74) is 4.11. The molecule has 0 bridgehead atoms. The third kappa shape index (κ3) is 4.11. The minimum Gasteiger partial charge on any atom is -0.487 e. The minimum absolute atomic E-state index is 0. The van der Waals surface area contributed by atoms with Crippen molar-refractivity contribution in [3.05, 3.63) is 116 Å². The van der Waals surface area contributed by atoms with Gasteiger partial charge in [0.2, 0.25) is 0 Å². The van der Waals surface area contributed by atoms with Crippen molar-refractivity contribution < 1.29 is 21.1 Å². The summed E-state index contributed by atoms with van der Waals surface area (Å²) >= 11 is 1.65. The zero-order chi connectivity index (χ0) is 24.1. The third-order valence-electron chi connectivity index (χ3n) is 6.23. The second kappa shape index (κ2) is 9.69. The van der Waals surface area contributed by atoms with Crippen LogP contribution in [0.15, 0.2) is 101 Å². The Balaban J connectivity index is 0.00000252. The maximum Gasteiger partial charge on any atom is 4.00 e. The van der Waals surface area contributed by atoms with Gasteiger partial charge in [0, 0.05) is 17.9 Å². The molecule has 4 aromatic carbocycles. The van der Waals surface area contributed by atoms with Crippen molar-refractivity contribution in [1.82, 2.24) is 14.5 Å². The van der Waals surface area contributed by atoms with E-state index >= 15 is 0 Å². The molecule has 7 heteroatoms. The number of fused-ring (bicyclic) bond motifs is 4. The Bertz CT molecular complexity index is 1730. The van der Waals surface area contributed by atoms with Crippen molar-refractivity contribution in [3.63, 3.8) is 0 Å². The fraction of sp³-hybridized carbons (Fsp3) is 0.0333. The number of rotatable bonds is 4. The number of benzene rings is 4. The van der Waals surface area contributed by atoms with Crippen molar-refractivity contribution in [3.8, 4) is 5.69 Å². The predicted octanol–water partition coefficient (Wildman–Crippen LogP) is 6.83. The summed E-state index contributed by atoms with van der Waals surface area (Å²) in [6, 6.07) is 37.6. The SMILES string of the molecule is CN1[CH-]N(c2[c-]c(Sc3[c-]c4c(cc3)c3ccccc3n4-c3[c-]cccc3)ccc2)c2nccnc21.[Pt+4]. The standard InChI is InChI=1S/C30H19N5S.Pt/c1-33-20-34(30-29(33)31-16-17-32-30)22-10-7-11-23(18-22)36-24-14-15-26-25-12-5-6-13-27(25)35(28(26)19-24)21-8-3-2-4-9-21;/h2-8,10-17,20H,1H3;/q-4;+4. The third-order valence-corrected chi connectivity index (χ3v) is 7.15. The van der Waals surface area contributed by atoms with Gasteiger partial charge in [-0.3, -0.25) is 0 Å². The quantitative estimate of drug-likeness (QED) is 0.192. The van der Waals surface area contributed by atoms with Gasteiger partial charge in [-0.2, -0.15) is 48.5 Å². The van der Waals surface area contributed by atoms with E-state index in [1.54, 1.807) is 24.2 Å². The summed E-state index contributed by atoms with van der Waals surface area (Å²) in [7, 11) is 1.97. The molecule has 0 saturated carbocycles. The zero-order valence-electron chi connectivity index (χ0n) is 19.7. The van der Waals surface area contributed by atoms with E-state index in [1.807, 2.05) is 53.8 Å². The molecule has 1 aliphatic rings.